The van der Waals surface area contributed by atoms with Crippen LogP contribution in [0.15, 0.2) is 201 Å². The van der Waals surface area contributed by atoms with Crippen LogP contribution in [0.1, 0.15) is 0 Å². The molecule has 260 valence electrons. The molecule has 0 saturated carbocycles. The second-order valence-corrected chi connectivity index (χ2v) is 13.5. The Balaban J connectivity index is 1.23. The average Bonchev–Trinajstić information content (AvgIpc) is 3.97. The molecular weight excluding hydrogens is 679 g/mol. The zero-order valence-corrected chi connectivity index (χ0v) is 29.5. The van der Waals surface area contributed by atoms with Gasteiger partial charge in [0.1, 0.15) is 16.7 Å². The first-order valence-electron chi connectivity index (χ1n) is 18.3. The number of anilines is 6. The van der Waals surface area contributed by atoms with Crippen molar-refractivity contribution in [2.75, 3.05) is 9.80 Å². The minimum atomic E-state index is 0.537. The van der Waals surface area contributed by atoms with Crippen molar-refractivity contribution in [1.82, 2.24) is 4.98 Å². The maximum atomic E-state index is 6.82. The van der Waals surface area contributed by atoms with Gasteiger partial charge < -0.3 is 23.1 Å². The van der Waals surface area contributed by atoms with Crippen molar-refractivity contribution >= 4 is 89.1 Å². The maximum Gasteiger partial charge on any atom is 0.227 e. The van der Waals surface area contributed by atoms with Crippen LogP contribution in [0.5, 0.6) is 0 Å². The number of hydrogen-bond acceptors (Lipinski definition) is 6. The highest BCUT2D eigenvalue weighted by molar-refractivity contribution is 6.13. The smallest absolute Gasteiger partial charge is 0.227 e. The van der Waals surface area contributed by atoms with Gasteiger partial charge in [0.25, 0.3) is 0 Å². The Morgan fingerprint density at radius 1 is 0.345 bits per heavy atom. The molecule has 0 radical (unpaired) electrons. The van der Waals surface area contributed by atoms with Crippen LogP contribution in [0.3, 0.4) is 0 Å². The van der Waals surface area contributed by atoms with Crippen molar-refractivity contribution in [3.8, 4) is 11.5 Å². The number of benzene rings is 8. The predicted molar refractivity (Wildman–Crippen MR) is 223 cm³/mol. The molecule has 0 atom stereocenters. The number of furan rings is 2. The van der Waals surface area contributed by atoms with Crippen molar-refractivity contribution in [2.45, 2.75) is 0 Å². The largest absolute Gasteiger partial charge is 0.454 e. The molecule has 3 heterocycles. The van der Waals surface area contributed by atoms with Crippen molar-refractivity contribution in [3.05, 3.63) is 188 Å². The molecule has 0 saturated heterocycles. The topological polar surface area (TPSA) is 58.8 Å². The molecule has 0 N–H and O–H groups in total. The fourth-order valence-electron chi connectivity index (χ4n) is 7.81. The predicted octanol–water partition coefficient (Wildman–Crippen LogP) is 14.2. The summed E-state index contributed by atoms with van der Waals surface area (Å²) in [6.07, 6.45) is 0. The van der Waals surface area contributed by atoms with Gasteiger partial charge in [-0.05, 0) is 72.8 Å². The van der Waals surface area contributed by atoms with Crippen LogP contribution >= 0.6 is 0 Å². The van der Waals surface area contributed by atoms with Gasteiger partial charge in [-0.1, -0.05) is 115 Å². The normalized spacial score (nSPS) is 11.6. The Morgan fingerprint density at radius 2 is 0.836 bits per heavy atom. The van der Waals surface area contributed by atoms with E-state index in [2.05, 4.69) is 125 Å². The summed E-state index contributed by atoms with van der Waals surface area (Å²) in [7, 11) is 0. The molecule has 0 amide bonds. The second kappa shape index (κ2) is 12.5. The summed E-state index contributed by atoms with van der Waals surface area (Å²) in [4.78, 5) is 9.64. The zero-order valence-electron chi connectivity index (χ0n) is 29.5. The lowest BCUT2D eigenvalue weighted by Crippen LogP contribution is -2.14. The van der Waals surface area contributed by atoms with Crippen LogP contribution < -0.4 is 9.80 Å². The Bertz CT molecular complexity index is 3170. The highest BCUT2D eigenvalue weighted by atomic mass is 16.4. The molecule has 0 fully saturated rings. The van der Waals surface area contributed by atoms with Gasteiger partial charge >= 0.3 is 0 Å². The minimum absolute atomic E-state index is 0.537. The molecule has 55 heavy (non-hydrogen) atoms. The first-order valence-corrected chi connectivity index (χ1v) is 18.3. The van der Waals surface area contributed by atoms with E-state index in [-0.39, 0.29) is 0 Å². The summed E-state index contributed by atoms with van der Waals surface area (Å²) in [5.41, 5.74) is 10.9. The van der Waals surface area contributed by atoms with Gasteiger partial charge in [0, 0.05) is 38.5 Å². The molecule has 0 aliphatic rings. The van der Waals surface area contributed by atoms with Crippen LogP contribution in [-0.4, -0.2) is 4.98 Å². The molecule has 11 aromatic rings. The summed E-state index contributed by atoms with van der Waals surface area (Å²) >= 11 is 0. The Kier molecular flexibility index (Phi) is 7.07. The number of nitrogens with zero attached hydrogens (tertiary/aromatic N) is 3. The van der Waals surface area contributed by atoms with Gasteiger partial charge in [0.15, 0.2) is 16.7 Å². The third kappa shape index (κ3) is 5.07. The lowest BCUT2D eigenvalue weighted by atomic mass is 10.1. The van der Waals surface area contributed by atoms with Crippen molar-refractivity contribution in [1.29, 1.82) is 0 Å². The average molecular weight is 710 g/mol. The van der Waals surface area contributed by atoms with Crippen LogP contribution in [-0.2, 0) is 0 Å². The van der Waals surface area contributed by atoms with E-state index in [9.17, 15) is 0 Å². The molecule has 3 aromatic heterocycles. The third-order valence-electron chi connectivity index (χ3n) is 10.3. The molecule has 6 heteroatoms. The highest BCUT2D eigenvalue weighted by Crippen LogP contribution is 2.49. The van der Waals surface area contributed by atoms with E-state index in [0.29, 0.717) is 17.0 Å². The van der Waals surface area contributed by atoms with E-state index >= 15 is 0 Å². The summed E-state index contributed by atoms with van der Waals surface area (Å²) in [5, 5.41) is 4.21. The van der Waals surface area contributed by atoms with Gasteiger partial charge in [-0.2, -0.15) is 0 Å². The number of para-hydroxylation sites is 6. The minimum Gasteiger partial charge on any atom is -0.454 e. The summed E-state index contributed by atoms with van der Waals surface area (Å²) in [5.74, 6) is 0.537. The number of rotatable bonds is 7. The van der Waals surface area contributed by atoms with E-state index in [4.69, 9.17) is 18.2 Å². The van der Waals surface area contributed by atoms with Gasteiger partial charge in [-0.15, -0.1) is 0 Å². The molecule has 0 unspecified atom stereocenters. The number of aromatic nitrogens is 1. The molecule has 11 rings (SSSR count). The second-order valence-electron chi connectivity index (χ2n) is 13.5. The van der Waals surface area contributed by atoms with E-state index < -0.39 is 0 Å². The Hall–Kier alpha value is -7.57. The third-order valence-corrected chi connectivity index (χ3v) is 10.3. The maximum absolute atomic E-state index is 6.82. The molecule has 0 spiro atoms. The molecule has 6 nitrogen and oxygen atoms in total. The molecule has 0 bridgehead atoms. The molecular formula is C49H31N3O3. The highest BCUT2D eigenvalue weighted by Gasteiger charge is 2.27. The standard InChI is InChI=1S/C49H31N3O3/c1-4-16-32(17-5-1)49-50-40-30-35(51(33-18-6-2-7-19-33)41-26-14-24-38-36-22-10-12-28-44(36)53-46(38)41)31-43(48(40)55-49)52(34-20-8-3-9-21-34)42-27-15-25-39-37-23-11-13-29-45(37)54-47(39)42/h1-31H. The fourth-order valence-corrected chi connectivity index (χ4v) is 7.81. The van der Waals surface area contributed by atoms with Crippen molar-refractivity contribution in [3.63, 3.8) is 0 Å². The number of oxazole rings is 1. The van der Waals surface area contributed by atoms with Crippen LogP contribution in [0.4, 0.5) is 34.1 Å². The van der Waals surface area contributed by atoms with Crippen molar-refractivity contribution < 1.29 is 13.3 Å². The van der Waals surface area contributed by atoms with E-state index in [0.717, 1.165) is 83.6 Å². The Morgan fingerprint density at radius 3 is 1.44 bits per heavy atom. The monoisotopic (exact) mass is 709 g/mol. The van der Waals surface area contributed by atoms with Gasteiger partial charge in [0.2, 0.25) is 5.89 Å². The van der Waals surface area contributed by atoms with E-state index in [1.54, 1.807) is 0 Å². The fraction of sp³-hybridized carbons (Fsp3) is 0. The SMILES string of the molecule is c1ccc(-c2nc3cc(N(c4ccccc4)c4cccc5c4oc4ccccc45)cc(N(c4ccccc4)c4cccc5c4oc4ccccc45)c3o2)cc1. The van der Waals surface area contributed by atoms with Crippen LogP contribution in [0.2, 0.25) is 0 Å². The first kappa shape index (κ1) is 31.0. The summed E-state index contributed by atoms with van der Waals surface area (Å²) in [6, 6.07) is 64.1. The number of fused-ring (bicyclic) bond motifs is 7. The Labute approximate surface area is 315 Å². The van der Waals surface area contributed by atoms with Crippen LogP contribution in [0, 0.1) is 0 Å². The quantitative estimate of drug-likeness (QED) is 0.164. The summed E-state index contributed by atoms with van der Waals surface area (Å²) < 4.78 is 20.1. The van der Waals surface area contributed by atoms with Gasteiger partial charge in [-0.3, -0.25) is 0 Å². The van der Waals surface area contributed by atoms with E-state index in [1.165, 1.54) is 0 Å². The summed E-state index contributed by atoms with van der Waals surface area (Å²) in [6.45, 7) is 0. The lowest BCUT2D eigenvalue weighted by Gasteiger charge is -2.29. The first-order chi connectivity index (χ1) is 27.3. The van der Waals surface area contributed by atoms with Crippen LogP contribution in [0.25, 0.3) is 66.4 Å². The lowest BCUT2D eigenvalue weighted by molar-refractivity contribution is 0.620. The molecule has 0 aliphatic heterocycles. The van der Waals surface area contributed by atoms with E-state index in [1.807, 2.05) is 72.8 Å². The number of hydrogen-bond donors (Lipinski definition) is 0. The molecule has 8 aromatic carbocycles. The zero-order chi connectivity index (χ0) is 36.3. The molecule has 0 aliphatic carbocycles. The van der Waals surface area contributed by atoms with Gasteiger partial charge in [-0.25, -0.2) is 4.98 Å². The van der Waals surface area contributed by atoms with Gasteiger partial charge in [0.05, 0.1) is 22.7 Å². The van der Waals surface area contributed by atoms with Crippen molar-refractivity contribution in [2.24, 2.45) is 0 Å².